The Kier molecular flexibility index (Phi) is 6.04. The van der Waals surface area contributed by atoms with E-state index in [0.717, 1.165) is 42.3 Å². The Morgan fingerprint density at radius 2 is 2.23 bits per heavy atom. The van der Waals surface area contributed by atoms with Crippen molar-refractivity contribution in [3.8, 4) is 11.5 Å². The Hall–Kier alpha value is -2.09. The van der Waals surface area contributed by atoms with E-state index >= 15 is 0 Å². The van der Waals surface area contributed by atoms with E-state index in [2.05, 4.69) is 23.8 Å². The van der Waals surface area contributed by atoms with Crippen molar-refractivity contribution in [2.45, 2.75) is 44.4 Å². The van der Waals surface area contributed by atoms with Crippen molar-refractivity contribution in [2.24, 2.45) is 5.73 Å². The molecule has 0 unspecified atom stereocenters. The summed E-state index contributed by atoms with van der Waals surface area (Å²) in [7, 11) is 1.57. The van der Waals surface area contributed by atoms with Gasteiger partial charge >= 0.3 is 0 Å². The fourth-order valence-electron chi connectivity index (χ4n) is 4.33. The minimum absolute atomic E-state index is 0.183. The number of ether oxygens (including phenoxy) is 3. The molecule has 0 saturated heterocycles. The molecule has 2 aliphatic heterocycles. The lowest BCUT2D eigenvalue weighted by atomic mass is 9.83. The number of nitrogens with zero attached hydrogens (tertiary/aromatic N) is 1. The lowest BCUT2D eigenvalue weighted by Gasteiger charge is -2.39. The molecule has 160 valence electrons. The molecule has 1 aromatic carbocycles. The summed E-state index contributed by atoms with van der Waals surface area (Å²) in [5, 5.41) is 0. The van der Waals surface area contributed by atoms with Crippen LogP contribution in [0.15, 0.2) is 24.3 Å². The molecule has 2 aliphatic rings. The van der Waals surface area contributed by atoms with Crippen molar-refractivity contribution in [3.63, 3.8) is 0 Å². The smallest absolute Gasteiger partial charge is 0.255 e. The fraction of sp³-hybridized carbons (Fsp3) is 0.455. The van der Waals surface area contributed by atoms with E-state index in [4.69, 9.17) is 31.5 Å². The number of thiophene rings is 1. The van der Waals surface area contributed by atoms with Crippen LogP contribution in [0.25, 0.3) is 0 Å². The molecular formula is C22H26ClN2O4S+. The third-order valence-corrected chi connectivity index (χ3v) is 7.24. The molecule has 1 spiro atoms. The monoisotopic (exact) mass is 449 g/mol. The number of benzene rings is 1. The summed E-state index contributed by atoms with van der Waals surface area (Å²) < 4.78 is 20.3. The van der Waals surface area contributed by atoms with Gasteiger partial charge in [-0.1, -0.05) is 11.6 Å². The summed E-state index contributed by atoms with van der Waals surface area (Å²) in [5.74, 6) is 0.571. The van der Waals surface area contributed by atoms with Gasteiger partial charge in [-0.15, -0.1) is 11.3 Å². The zero-order valence-electron chi connectivity index (χ0n) is 17.2. The van der Waals surface area contributed by atoms with Crippen molar-refractivity contribution in [3.05, 3.63) is 44.6 Å². The zero-order valence-corrected chi connectivity index (χ0v) is 18.7. The molecule has 30 heavy (non-hydrogen) atoms. The summed E-state index contributed by atoms with van der Waals surface area (Å²) in [4.78, 5) is 12.4. The van der Waals surface area contributed by atoms with Gasteiger partial charge in [-0.25, -0.2) is 4.58 Å². The average Bonchev–Trinajstić information content (AvgIpc) is 3.11. The van der Waals surface area contributed by atoms with Gasteiger partial charge in [0.25, 0.3) is 5.91 Å². The molecule has 0 fully saturated rings. The normalized spacial score (nSPS) is 23.0. The lowest BCUT2D eigenvalue weighted by Crippen LogP contribution is -2.45. The van der Waals surface area contributed by atoms with Crippen molar-refractivity contribution in [1.29, 1.82) is 0 Å². The second kappa shape index (κ2) is 8.57. The summed E-state index contributed by atoms with van der Waals surface area (Å²) in [6, 6.07) is 8.15. The number of hydrogen-bond donors (Lipinski definition) is 1. The van der Waals surface area contributed by atoms with Crippen molar-refractivity contribution in [2.75, 3.05) is 20.3 Å². The highest BCUT2D eigenvalue weighted by atomic mass is 35.5. The van der Waals surface area contributed by atoms with E-state index in [1.165, 1.54) is 10.4 Å². The van der Waals surface area contributed by atoms with Crippen LogP contribution in [-0.4, -0.2) is 43.1 Å². The van der Waals surface area contributed by atoms with Gasteiger partial charge in [-0.3, -0.25) is 4.79 Å². The lowest BCUT2D eigenvalue weighted by molar-refractivity contribution is -0.584. The third kappa shape index (κ3) is 4.19. The van der Waals surface area contributed by atoms with Crippen LogP contribution in [-0.2, 0) is 28.1 Å². The first kappa shape index (κ1) is 21.2. The summed E-state index contributed by atoms with van der Waals surface area (Å²) >= 11 is 7.95. The molecule has 6 nitrogen and oxygen atoms in total. The molecule has 8 heteroatoms. The number of methoxy groups -OCH3 is 1. The Labute approximate surface area is 185 Å². The SMILES string of the molecule is COc1ccc(C[N+]2=CC[C@]3(C[C@@H]2C)OCCc2cc(Cl)sc23)cc1OCC(N)=O. The zero-order chi connectivity index (χ0) is 21.3. The molecule has 0 bridgehead atoms. The Balaban J connectivity index is 1.54. The van der Waals surface area contributed by atoms with Crippen LogP contribution in [0.2, 0.25) is 4.34 Å². The number of rotatable bonds is 6. The average molecular weight is 450 g/mol. The predicted molar refractivity (Wildman–Crippen MR) is 117 cm³/mol. The van der Waals surface area contributed by atoms with Gasteiger partial charge in [-0.05, 0) is 43.2 Å². The van der Waals surface area contributed by atoms with Gasteiger partial charge < -0.3 is 19.9 Å². The van der Waals surface area contributed by atoms with Gasteiger partial charge in [-0.2, -0.15) is 0 Å². The van der Waals surface area contributed by atoms with E-state index in [0.29, 0.717) is 17.5 Å². The highest BCUT2D eigenvalue weighted by Gasteiger charge is 2.46. The first-order valence-electron chi connectivity index (χ1n) is 10.00. The number of carbonyl (C=O) groups is 1. The van der Waals surface area contributed by atoms with Gasteiger partial charge in [0, 0.05) is 16.9 Å². The molecular weight excluding hydrogens is 424 g/mol. The second-order valence-corrected chi connectivity index (χ2v) is 9.53. The van der Waals surface area contributed by atoms with Crippen molar-refractivity contribution >= 4 is 35.1 Å². The summed E-state index contributed by atoms with van der Waals surface area (Å²) in [6.45, 7) is 3.50. The van der Waals surface area contributed by atoms with E-state index in [1.807, 2.05) is 18.2 Å². The Morgan fingerprint density at radius 1 is 1.40 bits per heavy atom. The van der Waals surface area contributed by atoms with Crippen LogP contribution in [0, 0.1) is 0 Å². The molecule has 2 aromatic rings. The van der Waals surface area contributed by atoms with E-state index in [1.54, 1.807) is 18.4 Å². The number of amides is 1. The molecule has 4 rings (SSSR count). The number of carbonyl (C=O) groups excluding carboxylic acids is 1. The van der Waals surface area contributed by atoms with Gasteiger partial charge in [0.2, 0.25) is 0 Å². The molecule has 3 heterocycles. The fourth-order valence-corrected chi connectivity index (χ4v) is 5.79. The summed E-state index contributed by atoms with van der Waals surface area (Å²) in [5.41, 5.74) is 7.34. The highest BCUT2D eigenvalue weighted by molar-refractivity contribution is 7.16. The predicted octanol–water partition coefficient (Wildman–Crippen LogP) is 3.51. The van der Waals surface area contributed by atoms with Crippen molar-refractivity contribution in [1.82, 2.24) is 0 Å². The number of primary amides is 1. The molecule has 1 aromatic heterocycles. The molecule has 2 atom stereocenters. The second-order valence-electron chi connectivity index (χ2n) is 7.85. The highest BCUT2D eigenvalue weighted by Crippen LogP contribution is 2.46. The first-order chi connectivity index (χ1) is 14.4. The van der Waals surface area contributed by atoms with Crippen LogP contribution in [0.3, 0.4) is 0 Å². The standard InChI is InChI=1S/C22H25ClN2O4S/c1-14-11-22(21-16(5-8-29-22)10-19(23)30-21)6-7-25(14)12-15-3-4-17(27-2)18(9-15)28-13-20(24)26/h3-4,7,9-10,14H,5-6,8,11-13H2,1-2H3,(H-,24,26)/p+1/t14-,22+/m0/s1. The van der Waals surface area contributed by atoms with Crippen LogP contribution in [0.4, 0.5) is 0 Å². The molecule has 0 aliphatic carbocycles. The van der Waals surface area contributed by atoms with E-state index < -0.39 is 5.91 Å². The van der Waals surface area contributed by atoms with Crippen LogP contribution in [0.1, 0.15) is 35.8 Å². The van der Waals surface area contributed by atoms with Crippen LogP contribution < -0.4 is 15.2 Å². The van der Waals surface area contributed by atoms with Crippen molar-refractivity contribution < 1.29 is 23.6 Å². The molecule has 0 saturated carbocycles. The molecule has 0 radical (unpaired) electrons. The maximum Gasteiger partial charge on any atom is 0.255 e. The van der Waals surface area contributed by atoms with E-state index in [-0.39, 0.29) is 12.2 Å². The molecule has 2 N–H and O–H groups in total. The first-order valence-corrected chi connectivity index (χ1v) is 11.2. The third-order valence-electron chi connectivity index (χ3n) is 5.75. The van der Waals surface area contributed by atoms with Gasteiger partial charge in [0.05, 0.1) is 24.5 Å². The van der Waals surface area contributed by atoms with Gasteiger partial charge in [0.15, 0.2) is 30.7 Å². The number of halogens is 1. The van der Waals surface area contributed by atoms with Crippen LogP contribution >= 0.6 is 22.9 Å². The quantitative estimate of drug-likeness (QED) is 0.685. The minimum Gasteiger partial charge on any atom is -0.493 e. The molecule has 1 amide bonds. The largest absolute Gasteiger partial charge is 0.493 e. The number of fused-ring (bicyclic) bond motifs is 2. The maximum atomic E-state index is 11.1. The summed E-state index contributed by atoms with van der Waals surface area (Å²) in [6.07, 6.45) is 4.90. The maximum absolute atomic E-state index is 11.1. The Morgan fingerprint density at radius 3 is 2.97 bits per heavy atom. The number of nitrogens with two attached hydrogens (primary N) is 1. The topological polar surface area (TPSA) is 73.8 Å². The minimum atomic E-state index is -0.522. The van der Waals surface area contributed by atoms with Gasteiger partial charge in [0.1, 0.15) is 11.8 Å². The Bertz CT molecular complexity index is 990. The van der Waals surface area contributed by atoms with Crippen LogP contribution in [0.5, 0.6) is 11.5 Å². The number of hydrogen-bond acceptors (Lipinski definition) is 5. The van der Waals surface area contributed by atoms with E-state index in [9.17, 15) is 4.79 Å².